The Morgan fingerprint density at radius 3 is 1.00 bits per heavy atom. The van der Waals surface area contributed by atoms with Crippen LogP contribution in [-0.4, -0.2) is 43.9 Å². The maximum atomic E-state index is 8.49. The van der Waals surface area contributed by atoms with Crippen LogP contribution < -0.4 is 28.8 Å². The molecule has 0 saturated heterocycles. The number of carbonyl (C=O) groups excluding carboxylic acids is 1. The first-order valence-corrected chi connectivity index (χ1v) is 2.46. The molecule has 0 aromatic rings. The minimum atomic E-state index is -4.94. The largest absolute Gasteiger partial charge is 2.00 e. The smallest absolute Gasteiger partial charge is 0.652 e. The molecule has 1 radical (unpaired) electrons. The molecule has 0 amide bonds. The van der Waals surface area contributed by atoms with Crippen LogP contribution in [0.4, 0.5) is 4.79 Å². The van der Waals surface area contributed by atoms with Gasteiger partial charge in [0.25, 0.3) is 0 Å². The monoisotopic (exact) mass is 401 g/mol. The molecule has 0 aliphatic carbocycles. The predicted molar refractivity (Wildman–Crippen MR) is 11.1 cm³/mol. The van der Waals surface area contributed by atoms with Crippen molar-refractivity contribution < 1.29 is 71.6 Å². The molecule has 0 bridgehead atoms. The Hall–Kier alpha value is 1.59. The van der Waals surface area contributed by atoms with Gasteiger partial charge in [0.15, 0.2) is 0 Å². The summed E-state index contributed by atoms with van der Waals surface area (Å²) in [6, 6.07) is 0. The van der Waals surface area contributed by atoms with E-state index in [1.165, 1.54) is 0 Å². The Kier molecular flexibility index (Phi) is 24.2. The second-order valence-corrected chi connectivity index (χ2v) is 1.38. The average molecular weight is 400 g/mol. The molecule has 10 heteroatoms. The van der Waals surface area contributed by atoms with Crippen molar-refractivity contribution in [2.24, 2.45) is 0 Å². The summed E-state index contributed by atoms with van der Waals surface area (Å²) in [7, 11) is -4.94. The summed E-state index contributed by atoms with van der Waals surface area (Å²) in [5.41, 5.74) is 0. The number of rotatable bonds is 0. The van der Waals surface area contributed by atoms with E-state index in [1.807, 2.05) is 0 Å². The normalized spacial score (nSPS) is 7.64. The maximum Gasteiger partial charge on any atom is 2.00 e. The molecule has 0 aliphatic heterocycles. The Bertz CT molecular complexity index is 80.9. The van der Waals surface area contributed by atoms with E-state index < -0.39 is 16.4 Å². The van der Waals surface area contributed by atoms with Gasteiger partial charge in [0.2, 0.25) is 0 Å². The van der Waals surface area contributed by atoms with E-state index >= 15 is 0 Å². The Morgan fingerprint density at radius 1 is 1.00 bits per heavy atom. The quantitative estimate of drug-likeness (QED) is 0.366. The third kappa shape index (κ3) is 420. The van der Waals surface area contributed by atoms with Crippen LogP contribution in [0.25, 0.3) is 0 Å². The van der Waals surface area contributed by atoms with Crippen molar-refractivity contribution in [2.75, 3.05) is 0 Å². The number of hydrogen-bond donors (Lipinski definition) is 0. The second kappa shape index (κ2) is 11.6. The summed E-state index contributed by atoms with van der Waals surface area (Å²) >= 11 is 0. The van der Waals surface area contributed by atoms with E-state index in [0.29, 0.717) is 0 Å². The second-order valence-electron chi connectivity index (χ2n) is 0.628. The van der Waals surface area contributed by atoms with Crippen LogP contribution in [-0.2, 0) is 27.7 Å². The fourth-order valence-corrected chi connectivity index (χ4v) is 0. The third-order valence-electron chi connectivity index (χ3n) is 0. The molecule has 7 nitrogen and oxygen atoms in total. The molecule has 0 spiro atoms. The van der Waals surface area contributed by atoms with E-state index in [1.54, 1.807) is 0 Å². The molecule has 0 saturated carbocycles. The van der Waals surface area contributed by atoms with E-state index in [0.717, 1.165) is 0 Å². The topological polar surface area (TPSA) is 155 Å². The summed E-state index contributed by atoms with van der Waals surface area (Å²) in [5.74, 6) is 0. The molecular weight excluding hydrogens is 400 g/mol. The van der Waals surface area contributed by atoms with Gasteiger partial charge >= 0.3 is 65.4 Å². The fraction of sp³-hybridized carbons (Fsp3) is 0. The van der Waals surface area contributed by atoms with Gasteiger partial charge in [0.05, 0.1) is 0 Å². The molecule has 0 heterocycles. The van der Waals surface area contributed by atoms with Crippen molar-refractivity contribution >= 4 is 43.9 Å². The first kappa shape index (κ1) is 22.9. The molecule has 0 aromatic carbocycles. The SMILES string of the molecule is O=C([O-])[O-].[Ca+2].[Hg+].[O-][Cl+3]([O-])([O-])[O-]. The number of carbonyl (C=O) groups is 1. The maximum absolute atomic E-state index is 8.49. The van der Waals surface area contributed by atoms with E-state index in [4.69, 9.17) is 33.6 Å². The number of carboxylic acid groups (broad SMARTS) is 2. The Morgan fingerprint density at radius 2 is 1.00 bits per heavy atom. The van der Waals surface area contributed by atoms with Gasteiger partial charge in [-0.05, 0) is 6.16 Å². The molecule has 0 unspecified atom stereocenters. The third-order valence-corrected chi connectivity index (χ3v) is 0. The van der Waals surface area contributed by atoms with Gasteiger partial charge in [-0.15, -0.1) is 10.2 Å². The van der Waals surface area contributed by atoms with Crippen molar-refractivity contribution in [1.82, 2.24) is 0 Å². The van der Waals surface area contributed by atoms with Gasteiger partial charge in [0, 0.05) is 0 Å². The molecule has 11 heavy (non-hydrogen) atoms. The van der Waals surface area contributed by atoms with Crippen molar-refractivity contribution in [3.63, 3.8) is 0 Å². The number of halogens is 1. The van der Waals surface area contributed by atoms with Crippen LogP contribution in [0, 0.1) is 10.2 Å². The van der Waals surface area contributed by atoms with Gasteiger partial charge in [-0.1, -0.05) is 0 Å². The average Bonchev–Trinajstić information content (AvgIpc) is 1.19. The first-order valence-electron chi connectivity index (χ1n) is 1.23. The van der Waals surface area contributed by atoms with Crippen LogP contribution in [0.3, 0.4) is 0 Å². The van der Waals surface area contributed by atoms with Crippen molar-refractivity contribution in [1.29, 1.82) is 0 Å². The summed E-state index contributed by atoms with van der Waals surface area (Å²) < 4.78 is 34.0. The van der Waals surface area contributed by atoms with Gasteiger partial charge in [-0.2, -0.15) is 0 Å². The van der Waals surface area contributed by atoms with Crippen LogP contribution in [0.15, 0.2) is 0 Å². The van der Waals surface area contributed by atoms with Gasteiger partial charge in [0.1, 0.15) is 0 Å². The van der Waals surface area contributed by atoms with Crippen LogP contribution >= 0.6 is 0 Å². The molecule has 0 fully saturated rings. The van der Waals surface area contributed by atoms with Crippen LogP contribution in [0.5, 0.6) is 0 Å². The minimum Gasteiger partial charge on any atom is -0.652 e. The summed E-state index contributed by atoms with van der Waals surface area (Å²) in [6.45, 7) is 0. The molecule has 0 atom stereocenters. The van der Waals surface area contributed by atoms with Crippen LogP contribution in [0.1, 0.15) is 0 Å². The van der Waals surface area contributed by atoms with E-state index in [2.05, 4.69) is 0 Å². The first-order chi connectivity index (χ1) is 3.73. The van der Waals surface area contributed by atoms with Crippen LogP contribution in [0.2, 0.25) is 0 Å². The standard InChI is InChI=1S/CH2O3.Ca.ClHO4.Hg/c2-1(3)4;;2-1(3,4)5;/h(H2,2,3,4);;(H,2,3,4,5);/q;+2;;+1/p-3. The van der Waals surface area contributed by atoms with E-state index in [9.17, 15) is 0 Å². The predicted octanol–water partition coefficient (Wildman–Crippen LogP) is -7.59. The van der Waals surface area contributed by atoms with Gasteiger partial charge in [-0.3, -0.25) is 0 Å². The van der Waals surface area contributed by atoms with Gasteiger partial charge < -0.3 is 15.0 Å². The summed E-state index contributed by atoms with van der Waals surface area (Å²) in [6.07, 6.45) is -2.33. The van der Waals surface area contributed by atoms with Crippen molar-refractivity contribution in [3.05, 3.63) is 0 Å². The van der Waals surface area contributed by atoms with E-state index in [-0.39, 0.29) is 65.4 Å². The molecule has 57 valence electrons. The summed E-state index contributed by atoms with van der Waals surface area (Å²) in [5, 5.41) is 16.7. The Balaban J connectivity index is -0.0000000383. The number of hydrogen-bond acceptors (Lipinski definition) is 7. The minimum absolute atomic E-state index is 0. The van der Waals surface area contributed by atoms with Crippen molar-refractivity contribution in [2.45, 2.75) is 0 Å². The molecular formula is CCaClHgO7. The van der Waals surface area contributed by atoms with Crippen molar-refractivity contribution in [3.8, 4) is 0 Å². The zero-order valence-electron chi connectivity index (χ0n) is 5.15. The molecule has 0 N–H and O–H groups in total. The molecule has 0 rings (SSSR count). The summed E-state index contributed by atoms with van der Waals surface area (Å²) in [4.78, 5) is 8.33. The zero-order valence-corrected chi connectivity index (χ0v) is 13.6. The molecule has 0 aromatic heterocycles. The van der Waals surface area contributed by atoms with Gasteiger partial charge in [-0.25, -0.2) is 18.6 Å². The zero-order chi connectivity index (χ0) is 8.08. The molecule has 0 aliphatic rings. The Labute approximate surface area is 114 Å². The fourth-order valence-electron chi connectivity index (χ4n) is 0.